The van der Waals surface area contributed by atoms with Gasteiger partial charge in [0.25, 0.3) is 0 Å². The van der Waals surface area contributed by atoms with Crippen molar-refractivity contribution in [3.63, 3.8) is 0 Å². The van der Waals surface area contributed by atoms with Crippen LogP contribution in [0.2, 0.25) is 0 Å². The third-order valence-corrected chi connectivity index (χ3v) is 3.97. The molecule has 2 aromatic carbocycles. The summed E-state index contributed by atoms with van der Waals surface area (Å²) in [5, 5.41) is 4.61. The zero-order valence-corrected chi connectivity index (χ0v) is 12.5. The lowest BCUT2D eigenvalue weighted by molar-refractivity contribution is 0.584. The van der Waals surface area contributed by atoms with Gasteiger partial charge in [-0.25, -0.2) is 0 Å². The lowest BCUT2D eigenvalue weighted by Crippen LogP contribution is -2.19. The highest BCUT2D eigenvalue weighted by Crippen LogP contribution is 2.22. The van der Waals surface area contributed by atoms with Crippen molar-refractivity contribution in [3.8, 4) is 0 Å². The van der Waals surface area contributed by atoms with Gasteiger partial charge in [-0.05, 0) is 37.2 Å². The Balaban J connectivity index is 1.95. The molecule has 0 aliphatic carbocycles. The first kappa shape index (κ1) is 13.8. The SMILES string of the molecule is CNC(Cc1nc2ccccc2cc1C)c1ccccc1. The highest BCUT2D eigenvalue weighted by Gasteiger charge is 2.12. The first-order valence-corrected chi connectivity index (χ1v) is 7.35. The second-order valence-corrected chi connectivity index (χ2v) is 5.40. The van der Waals surface area contributed by atoms with Crippen LogP contribution in [0.5, 0.6) is 0 Å². The maximum absolute atomic E-state index is 4.85. The smallest absolute Gasteiger partial charge is 0.0705 e. The molecule has 3 rings (SSSR count). The summed E-state index contributed by atoms with van der Waals surface area (Å²) in [5.74, 6) is 0. The van der Waals surface area contributed by atoms with Gasteiger partial charge in [-0.3, -0.25) is 4.98 Å². The largest absolute Gasteiger partial charge is 0.313 e. The molecule has 0 aliphatic heterocycles. The number of fused-ring (bicyclic) bond motifs is 1. The van der Waals surface area contributed by atoms with E-state index in [0.717, 1.165) is 17.6 Å². The van der Waals surface area contributed by atoms with E-state index in [1.807, 2.05) is 13.1 Å². The zero-order valence-electron chi connectivity index (χ0n) is 12.5. The molecule has 0 amide bonds. The predicted molar refractivity (Wildman–Crippen MR) is 88.4 cm³/mol. The quantitative estimate of drug-likeness (QED) is 0.777. The van der Waals surface area contributed by atoms with Gasteiger partial charge >= 0.3 is 0 Å². The summed E-state index contributed by atoms with van der Waals surface area (Å²) in [7, 11) is 2.01. The Morgan fingerprint density at radius 2 is 1.71 bits per heavy atom. The number of hydrogen-bond donors (Lipinski definition) is 1. The van der Waals surface area contributed by atoms with E-state index < -0.39 is 0 Å². The van der Waals surface area contributed by atoms with E-state index in [9.17, 15) is 0 Å². The number of pyridine rings is 1. The molecule has 1 aromatic heterocycles. The average molecular weight is 276 g/mol. The van der Waals surface area contributed by atoms with Crippen LogP contribution in [0.4, 0.5) is 0 Å². The first-order chi connectivity index (χ1) is 10.3. The number of likely N-dealkylation sites (N-methyl/N-ethyl adjacent to an activating group) is 1. The summed E-state index contributed by atoms with van der Waals surface area (Å²) in [6.45, 7) is 2.15. The van der Waals surface area contributed by atoms with Gasteiger partial charge in [-0.1, -0.05) is 48.5 Å². The molecule has 1 heterocycles. The van der Waals surface area contributed by atoms with Crippen molar-refractivity contribution in [2.45, 2.75) is 19.4 Å². The van der Waals surface area contributed by atoms with E-state index in [1.165, 1.54) is 16.5 Å². The second kappa shape index (κ2) is 6.06. The van der Waals surface area contributed by atoms with Crippen molar-refractivity contribution < 1.29 is 0 Å². The number of aromatic nitrogens is 1. The van der Waals surface area contributed by atoms with E-state index in [2.05, 4.69) is 66.8 Å². The molecule has 0 spiro atoms. The monoisotopic (exact) mass is 276 g/mol. The molecular weight excluding hydrogens is 256 g/mol. The Morgan fingerprint density at radius 1 is 1.00 bits per heavy atom. The van der Waals surface area contributed by atoms with E-state index in [4.69, 9.17) is 4.98 Å². The maximum Gasteiger partial charge on any atom is 0.0705 e. The van der Waals surface area contributed by atoms with Crippen molar-refractivity contribution in [1.29, 1.82) is 0 Å². The molecule has 2 heteroatoms. The van der Waals surface area contributed by atoms with Crippen LogP contribution in [0, 0.1) is 6.92 Å². The van der Waals surface area contributed by atoms with Crippen LogP contribution in [0.25, 0.3) is 10.9 Å². The summed E-state index contributed by atoms with van der Waals surface area (Å²) in [6, 6.07) is 21.4. The molecule has 0 bridgehead atoms. The van der Waals surface area contributed by atoms with Crippen LogP contribution in [0.1, 0.15) is 22.9 Å². The van der Waals surface area contributed by atoms with Gasteiger partial charge in [-0.2, -0.15) is 0 Å². The van der Waals surface area contributed by atoms with E-state index in [-0.39, 0.29) is 0 Å². The van der Waals surface area contributed by atoms with Crippen LogP contribution < -0.4 is 5.32 Å². The third-order valence-electron chi connectivity index (χ3n) is 3.97. The third kappa shape index (κ3) is 2.96. The molecule has 0 aliphatic rings. The molecule has 21 heavy (non-hydrogen) atoms. The number of nitrogens with one attached hydrogen (secondary N) is 1. The van der Waals surface area contributed by atoms with Gasteiger partial charge < -0.3 is 5.32 Å². The first-order valence-electron chi connectivity index (χ1n) is 7.35. The fourth-order valence-electron chi connectivity index (χ4n) is 2.73. The average Bonchev–Trinajstić information content (AvgIpc) is 2.53. The number of benzene rings is 2. The molecule has 0 saturated heterocycles. The fraction of sp³-hybridized carbons (Fsp3) is 0.211. The van der Waals surface area contributed by atoms with Crippen molar-refractivity contribution in [3.05, 3.63) is 77.5 Å². The van der Waals surface area contributed by atoms with Crippen LogP contribution >= 0.6 is 0 Å². The minimum absolute atomic E-state index is 0.290. The highest BCUT2D eigenvalue weighted by atomic mass is 14.9. The summed E-state index contributed by atoms with van der Waals surface area (Å²) >= 11 is 0. The Hall–Kier alpha value is -2.19. The molecule has 106 valence electrons. The standard InChI is InChI=1S/C19H20N2/c1-14-12-16-10-6-7-11-17(16)21-18(14)13-19(20-2)15-8-4-3-5-9-15/h3-12,19-20H,13H2,1-2H3. The van der Waals surface area contributed by atoms with Crippen molar-refractivity contribution in [2.75, 3.05) is 7.05 Å². The zero-order chi connectivity index (χ0) is 14.7. The van der Waals surface area contributed by atoms with Gasteiger partial charge in [0.1, 0.15) is 0 Å². The second-order valence-electron chi connectivity index (χ2n) is 5.40. The number of hydrogen-bond acceptors (Lipinski definition) is 2. The fourth-order valence-corrected chi connectivity index (χ4v) is 2.73. The Morgan fingerprint density at radius 3 is 2.48 bits per heavy atom. The maximum atomic E-state index is 4.85. The molecule has 3 aromatic rings. The van der Waals surface area contributed by atoms with E-state index >= 15 is 0 Å². The number of aryl methyl sites for hydroxylation is 1. The molecule has 0 saturated carbocycles. The van der Waals surface area contributed by atoms with Gasteiger partial charge in [-0.15, -0.1) is 0 Å². The number of rotatable bonds is 4. The predicted octanol–water partition coefficient (Wildman–Crippen LogP) is 4.05. The lowest BCUT2D eigenvalue weighted by Gasteiger charge is -2.18. The van der Waals surface area contributed by atoms with Gasteiger partial charge in [0.15, 0.2) is 0 Å². The molecule has 0 fully saturated rings. The molecule has 2 nitrogen and oxygen atoms in total. The Labute approximate surface area is 125 Å². The lowest BCUT2D eigenvalue weighted by atomic mass is 9.99. The summed E-state index contributed by atoms with van der Waals surface area (Å²) in [4.78, 5) is 4.85. The highest BCUT2D eigenvalue weighted by molar-refractivity contribution is 5.79. The van der Waals surface area contributed by atoms with E-state index in [0.29, 0.717) is 6.04 Å². The van der Waals surface area contributed by atoms with E-state index in [1.54, 1.807) is 0 Å². The number of para-hydroxylation sites is 1. The molecule has 1 unspecified atom stereocenters. The molecule has 1 atom stereocenters. The van der Waals surface area contributed by atoms with Gasteiger partial charge in [0.2, 0.25) is 0 Å². The summed E-state index contributed by atoms with van der Waals surface area (Å²) in [6.07, 6.45) is 0.900. The normalized spacial score (nSPS) is 12.5. The van der Waals surface area contributed by atoms with Gasteiger partial charge in [0, 0.05) is 23.5 Å². The summed E-state index contributed by atoms with van der Waals surface area (Å²) < 4.78 is 0. The van der Waals surface area contributed by atoms with Crippen molar-refractivity contribution >= 4 is 10.9 Å². The summed E-state index contributed by atoms with van der Waals surface area (Å²) in [5.41, 5.74) is 4.79. The minimum Gasteiger partial charge on any atom is -0.313 e. The minimum atomic E-state index is 0.290. The van der Waals surface area contributed by atoms with Crippen LogP contribution in [0.3, 0.4) is 0 Å². The Bertz CT molecular complexity index is 735. The van der Waals surface area contributed by atoms with Crippen LogP contribution in [-0.4, -0.2) is 12.0 Å². The molecular formula is C19H20N2. The van der Waals surface area contributed by atoms with Crippen molar-refractivity contribution in [2.24, 2.45) is 0 Å². The number of nitrogens with zero attached hydrogens (tertiary/aromatic N) is 1. The van der Waals surface area contributed by atoms with Crippen LogP contribution in [-0.2, 0) is 6.42 Å². The van der Waals surface area contributed by atoms with Crippen LogP contribution in [0.15, 0.2) is 60.7 Å². The Kier molecular flexibility index (Phi) is 3.98. The molecule has 1 N–H and O–H groups in total. The van der Waals surface area contributed by atoms with Gasteiger partial charge in [0.05, 0.1) is 5.52 Å². The molecule has 0 radical (unpaired) electrons. The van der Waals surface area contributed by atoms with Crippen molar-refractivity contribution in [1.82, 2.24) is 10.3 Å². The topological polar surface area (TPSA) is 24.9 Å².